The van der Waals surface area contributed by atoms with Crippen LogP contribution in [-0.2, 0) is 0 Å². The summed E-state index contributed by atoms with van der Waals surface area (Å²) in [6.45, 7) is 13.8. The number of hydrogen-bond donors (Lipinski definition) is 1. The Hall–Kier alpha value is 0.270. The summed E-state index contributed by atoms with van der Waals surface area (Å²) in [5.74, 6) is 2.61. The lowest BCUT2D eigenvalue weighted by molar-refractivity contribution is 0.142. The summed E-state index contributed by atoms with van der Waals surface area (Å²) in [6.07, 6.45) is 2.60. The molecule has 102 valence electrons. The third-order valence-corrected chi connectivity index (χ3v) is 4.57. The van der Waals surface area contributed by atoms with Crippen LogP contribution in [0.3, 0.4) is 0 Å². The van der Waals surface area contributed by atoms with Crippen molar-refractivity contribution in [3.63, 3.8) is 0 Å². The van der Waals surface area contributed by atoms with Crippen molar-refractivity contribution in [3.8, 4) is 0 Å². The predicted molar refractivity (Wildman–Crippen MR) is 79.9 cm³/mol. The second-order valence-corrected chi connectivity index (χ2v) is 7.38. The van der Waals surface area contributed by atoms with Gasteiger partial charge >= 0.3 is 0 Å². The van der Waals surface area contributed by atoms with Crippen LogP contribution in [0.15, 0.2) is 0 Å². The molecule has 2 atom stereocenters. The maximum atomic E-state index is 3.68. The quantitative estimate of drug-likeness (QED) is 0.816. The van der Waals surface area contributed by atoms with Gasteiger partial charge in [-0.2, -0.15) is 11.8 Å². The zero-order valence-electron chi connectivity index (χ0n) is 12.3. The van der Waals surface area contributed by atoms with Gasteiger partial charge in [0.1, 0.15) is 0 Å². The Morgan fingerprint density at radius 2 is 2.12 bits per heavy atom. The zero-order valence-corrected chi connectivity index (χ0v) is 13.1. The number of thioether (sulfide) groups is 1. The van der Waals surface area contributed by atoms with Gasteiger partial charge in [0, 0.05) is 42.2 Å². The van der Waals surface area contributed by atoms with Crippen molar-refractivity contribution in [2.45, 2.75) is 65.1 Å². The molecule has 1 N–H and O–H groups in total. The first-order valence-electron chi connectivity index (χ1n) is 7.02. The van der Waals surface area contributed by atoms with E-state index in [0.29, 0.717) is 0 Å². The molecule has 1 fully saturated rings. The molecule has 2 nitrogen and oxygen atoms in total. The molecule has 17 heavy (non-hydrogen) atoms. The summed E-state index contributed by atoms with van der Waals surface area (Å²) in [5, 5.41) is 3.68. The molecular weight excluding hydrogens is 228 g/mol. The summed E-state index contributed by atoms with van der Waals surface area (Å²) in [4.78, 5) is 2.72. The molecule has 0 amide bonds. The molecule has 1 rings (SSSR count). The van der Waals surface area contributed by atoms with Crippen molar-refractivity contribution in [3.05, 3.63) is 0 Å². The highest BCUT2D eigenvalue weighted by Crippen LogP contribution is 2.20. The number of rotatable bonds is 5. The van der Waals surface area contributed by atoms with Crippen molar-refractivity contribution in [1.29, 1.82) is 0 Å². The fourth-order valence-corrected chi connectivity index (χ4v) is 3.46. The van der Waals surface area contributed by atoms with Crippen molar-refractivity contribution in [1.82, 2.24) is 10.2 Å². The molecule has 0 aliphatic carbocycles. The molecule has 1 aliphatic heterocycles. The summed E-state index contributed by atoms with van der Waals surface area (Å²) < 4.78 is 0. The molecule has 0 radical (unpaired) electrons. The fraction of sp³-hybridized carbons (Fsp3) is 1.00. The van der Waals surface area contributed by atoms with Crippen LogP contribution in [0.5, 0.6) is 0 Å². The van der Waals surface area contributed by atoms with Crippen LogP contribution in [0.4, 0.5) is 0 Å². The van der Waals surface area contributed by atoms with Crippen LogP contribution in [0.25, 0.3) is 0 Å². The van der Waals surface area contributed by atoms with Gasteiger partial charge in [-0.05, 0) is 34.1 Å². The molecule has 0 saturated carbocycles. The number of nitrogens with one attached hydrogen (secondary N) is 1. The average molecular weight is 258 g/mol. The first kappa shape index (κ1) is 15.3. The highest BCUT2D eigenvalue weighted by atomic mass is 32.2. The van der Waals surface area contributed by atoms with E-state index in [0.717, 1.165) is 18.6 Å². The summed E-state index contributed by atoms with van der Waals surface area (Å²) >= 11 is 2.10. The largest absolute Gasteiger partial charge is 0.311 e. The molecule has 2 unspecified atom stereocenters. The Kier molecular flexibility index (Phi) is 6.32. The normalized spacial score (nSPS) is 24.9. The minimum Gasteiger partial charge on any atom is -0.311 e. The van der Waals surface area contributed by atoms with Crippen molar-refractivity contribution >= 4 is 11.8 Å². The van der Waals surface area contributed by atoms with E-state index < -0.39 is 0 Å². The maximum Gasteiger partial charge on any atom is 0.0224 e. The number of hydrogen-bond acceptors (Lipinski definition) is 3. The minimum atomic E-state index is 0.236. The van der Waals surface area contributed by atoms with Crippen LogP contribution < -0.4 is 5.32 Å². The van der Waals surface area contributed by atoms with Crippen LogP contribution in [0.1, 0.15) is 47.5 Å². The first-order chi connectivity index (χ1) is 7.94. The Morgan fingerprint density at radius 1 is 1.41 bits per heavy atom. The van der Waals surface area contributed by atoms with E-state index in [1.54, 1.807) is 0 Å². The second-order valence-electron chi connectivity index (χ2n) is 6.24. The SMILES string of the molecule is CCCC(CNC(C)(C)C)N1CCSCC1C. The van der Waals surface area contributed by atoms with Gasteiger partial charge in [-0.15, -0.1) is 0 Å². The lowest BCUT2D eigenvalue weighted by Crippen LogP contribution is -2.53. The van der Waals surface area contributed by atoms with Gasteiger partial charge < -0.3 is 5.32 Å². The maximum absolute atomic E-state index is 3.68. The Balaban J connectivity index is 2.51. The lowest BCUT2D eigenvalue weighted by atomic mass is 10.0. The Labute approximate surface area is 112 Å². The van der Waals surface area contributed by atoms with Crippen LogP contribution in [0, 0.1) is 0 Å². The van der Waals surface area contributed by atoms with Gasteiger partial charge in [-0.25, -0.2) is 0 Å². The third-order valence-electron chi connectivity index (χ3n) is 3.38. The van der Waals surface area contributed by atoms with Gasteiger partial charge in [0.25, 0.3) is 0 Å². The first-order valence-corrected chi connectivity index (χ1v) is 8.18. The Morgan fingerprint density at radius 3 is 2.65 bits per heavy atom. The molecule has 1 aliphatic rings. The van der Waals surface area contributed by atoms with Gasteiger partial charge in [0.05, 0.1) is 0 Å². The monoisotopic (exact) mass is 258 g/mol. The van der Waals surface area contributed by atoms with Crippen LogP contribution in [0.2, 0.25) is 0 Å². The van der Waals surface area contributed by atoms with Gasteiger partial charge in [-0.3, -0.25) is 4.90 Å². The molecule has 0 aromatic heterocycles. The van der Waals surface area contributed by atoms with Crippen LogP contribution >= 0.6 is 11.8 Å². The molecule has 0 aromatic rings. The van der Waals surface area contributed by atoms with Gasteiger partial charge in [0.15, 0.2) is 0 Å². The van der Waals surface area contributed by atoms with E-state index in [4.69, 9.17) is 0 Å². The highest BCUT2D eigenvalue weighted by Gasteiger charge is 2.26. The van der Waals surface area contributed by atoms with E-state index in [9.17, 15) is 0 Å². The topological polar surface area (TPSA) is 15.3 Å². The Bertz CT molecular complexity index is 213. The summed E-state index contributed by atoms with van der Waals surface area (Å²) in [5.41, 5.74) is 0.236. The van der Waals surface area contributed by atoms with E-state index >= 15 is 0 Å². The van der Waals surface area contributed by atoms with Gasteiger partial charge in [-0.1, -0.05) is 13.3 Å². The minimum absolute atomic E-state index is 0.236. The third kappa shape index (κ3) is 5.62. The van der Waals surface area contributed by atoms with Crippen LogP contribution in [-0.4, -0.2) is 47.1 Å². The summed E-state index contributed by atoms with van der Waals surface area (Å²) in [6, 6.07) is 1.46. The molecule has 0 spiro atoms. The highest BCUT2D eigenvalue weighted by molar-refractivity contribution is 7.99. The van der Waals surface area contributed by atoms with E-state index in [1.807, 2.05) is 0 Å². The molecule has 0 aromatic carbocycles. The molecule has 1 saturated heterocycles. The standard InChI is InChI=1S/C14H30N2S/c1-6-7-13(10-15-14(3,4)5)16-8-9-17-11-12(16)2/h12-13,15H,6-11H2,1-5H3. The summed E-state index contributed by atoms with van der Waals surface area (Å²) in [7, 11) is 0. The van der Waals surface area contributed by atoms with Crippen molar-refractivity contribution < 1.29 is 0 Å². The van der Waals surface area contributed by atoms with E-state index in [-0.39, 0.29) is 5.54 Å². The fourth-order valence-electron chi connectivity index (χ4n) is 2.42. The second kappa shape index (κ2) is 7.01. The van der Waals surface area contributed by atoms with E-state index in [1.165, 1.54) is 30.9 Å². The smallest absolute Gasteiger partial charge is 0.0224 e. The predicted octanol–water partition coefficient (Wildman–Crippen LogP) is 2.98. The van der Waals surface area contributed by atoms with Crippen molar-refractivity contribution in [2.24, 2.45) is 0 Å². The molecule has 0 bridgehead atoms. The lowest BCUT2D eigenvalue weighted by Gasteiger charge is -2.40. The van der Waals surface area contributed by atoms with Crippen molar-refractivity contribution in [2.75, 3.05) is 24.6 Å². The van der Waals surface area contributed by atoms with Gasteiger partial charge in [0.2, 0.25) is 0 Å². The van der Waals surface area contributed by atoms with E-state index in [2.05, 4.69) is 56.6 Å². The number of nitrogens with zero attached hydrogens (tertiary/aromatic N) is 1. The molecular formula is C14H30N2S. The molecule has 1 heterocycles. The average Bonchev–Trinajstić information content (AvgIpc) is 2.24. The molecule has 3 heteroatoms. The zero-order chi connectivity index (χ0) is 12.9.